The van der Waals surface area contributed by atoms with Crippen molar-refractivity contribution in [3.8, 4) is 0 Å². The molecule has 0 radical (unpaired) electrons. The molecule has 1 aromatic heterocycles. The van der Waals surface area contributed by atoms with Crippen molar-refractivity contribution in [2.45, 2.75) is 13.0 Å². The van der Waals surface area contributed by atoms with E-state index in [0.717, 1.165) is 5.56 Å². The monoisotopic (exact) mass is 388 g/mol. The van der Waals surface area contributed by atoms with Crippen LogP contribution >= 0.6 is 11.3 Å². The van der Waals surface area contributed by atoms with E-state index >= 15 is 0 Å². The number of carbonyl (C=O) groups excluding carboxylic acids is 2. The van der Waals surface area contributed by atoms with E-state index in [1.54, 1.807) is 25.4 Å². The molecule has 3 heterocycles. The lowest BCUT2D eigenvalue weighted by molar-refractivity contribution is -0.130. The largest absolute Gasteiger partial charge is 0.365 e. The number of hydrogen-bond acceptors (Lipinski definition) is 5. The molecule has 2 aliphatic rings. The number of nitrogens with zero attached hydrogens (tertiary/aromatic N) is 3. The minimum atomic E-state index is -0.313. The molecule has 2 amide bonds. The van der Waals surface area contributed by atoms with Crippen molar-refractivity contribution >= 4 is 28.3 Å². The molecule has 3 atom stereocenters. The highest BCUT2D eigenvalue weighted by Crippen LogP contribution is 2.45. The van der Waals surface area contributed by atoms with Crippen LogP contribution in [0.1, 0.15) is 29.0 Å². The zero-order valence-electron chi connectivity index (χ0n) is 15.2. The second kappa shape index (κ2) is 6.92. The van der Waals surface area contributed by atoms with E-state index in [9.17, 15) is 14.0 Å². The summed E-state index contributed by atoms with van der Waals surface area (Å²) in [6.45, 7) is 3.26. The average Bonchev–Trinajstić information content (AvgIpc) is 3.34. The Morgan fingerprint density at radius 2 is 2.11 bits per heavy atom. The summed E-state index contributed by atoms with van der Waals surface area (Å²) in [4.78, 5) is 32.9. The smallest absolute Gasteiger partial charge is 0.273 e. The summed E-state index contributed by atoms with van der Waals surface area (Å²) in [7, 11) is 1.77. The van der Waals surface area contributed by atoms with E-state index < -0.39 is 0 Å². The second-order valence-electron chi connectivity index (χ2n) is 7.09. The first-order chi connectivity index (χ1) is 13.0. The minimum Gasteiger partial charge on any atom is -0.365 e. The lowest BCUT2D eigenvalue weighted by atomic mass is 9.89. The highest BCUT2D eigenvalue weighted by Gasteiger charge is 2.49. The molecule has 2 aliphatic heterocycles. The summed E-state index contributed by atoms with van der Waals surface area (Å²) in [5, 5.41) is 5.41. The van der Waals surface area contributed by atoms with E-state index in [2.05, 4.69) is 10.3 Å². The Labute approximate surface area is 161 Å². The van der Waals surface area contributed by atoms with Gasteiger partial charge in [-0.3, -0.25) is 9.59 Å². The maximum atomic E-state index is 13.8. The number of benzene rings is 1. The van der Waals surface area contributed by atoms with Gasteiger partial charge in [-0.05, 0) is 17.7 Å². The van der Waals surface area contributed by atoms with Gasteiger partial charge in [-0.1, -0.05) is 12.1 Å². The van der Waals surface area contributed by atoms with Gasteiger partial charge in [0.2, 0.25) is 5.91 Å². The number of fused-ring (bicyclic) bond motifs is 1. The van der Waals surface area contributed by atoms with Gasteiger partial charge in [0, 0.05) is 50.8 Å². The number of carbonyl (C=O) groups is 2. The first-order valence-electron chi connectivity index (χ1n) is 8.93. The Morgan fingerprint density at radius 3 is 2.78 bits per heavy atom. The zero-order chi connectivity index (χ0) is 19.1. The summed E-state index contributed by atoms with van der Waals surface area (Å²) in [6.07, 6.45) is 0. The van der Waals surface area contributed by atoms with Gasteiger partial charge in [-0.25, -0.2) is 9.37 Å². The Hall–Kier alpha value is -2.48. The highest BCUT2D eigenvalue weighted by atomic mass is 32.1. The molecule has 0 bridgehead atoms. The molecule has 0 saturated carbocycles. The van der Waals surface area contributed by atoms with Gasteiger partial charge in [-0.15, -0.1) is 11.3 Å². The van der Waals surface area contributed by atoms with Crippen LogP contribution in [-0.2, 0) is 4.79 Å². The molecular formula is C19H21FN4O2S. The van der Waals surface area contributed by atoms with Crippen LogP contribution in [0.25, 0.3) is 0 Å². The maximum absolute atomic E-state index is 13.8. The van der Waals surface area contributed by atoms with Gasteiger partial charge in [0.15, 0.2) is 5.13 Å². The predicted molar refractivity (Wildman–Crippen MR) is 101 cm³/mol. The van der Waals surface area contributed by atoms with Crippen molar-refractivity contribution < 1.29 is 14.0 Å². The van der Waals surface area contributed by atoms with E-state index in [-0.39, 0.29) is 35.5 Å². The number of hydrogen-bond donors (Lipinski definition) is 1. The van der Waals surface area contributed by atoms with Crippen LogP contribution in [0, 0.1) is 17.7 Å². The maximum Gasteiger partial charge on any atom is 0.273 e. The number of rotatable bonds is 3. The fourth-order valence-corrected chi connectivity index (χ4v) is 4.95. The zero-order valence-corrected chi connectivity index (χ0v) is 16.0. The standard InChI is InChI=1S/C19H21FN4O2S/c1-11(25)24-8-13-7-23(18(26)16-10-27-19(21-2)22-16)9-15(13)17(24)12-4-3-5-14(20)6-12/h3-6,10,13,15,17H,7-9H2,1-2H3,(H,21,22)/t13-,15-,17+/m1/s1. The SMILES string of the molecule is CNc1nc(C(=O)N2C[C@@H]3CN(C(C)=O)[C@@H](c4cccc(F)c4)[C@@H]3C2)cs1. The van der Waals surface area contributed by atoms with Crippen molar-refractivity contribution in [3.63, 3.8) is 0 Å². The van der Waals surface area contributed by atoms with E-state index in [0.29, 0.717) is 30.5 Å². The lowest BCUT2D eigenvalue weighted by Gasteiger charge is -2.29. The topological polar surface area (TPSA) is 65.5 Å². The number of aromatic nitrogens is 1. The van der Waals surface area contributed by atoms with E-state index in [4.69, 9.17) is 0 Å². The van der Waals surface area contributed by atoms with Crippen LogP contribution < -0.4 is 5.32 Å². The second-order valence-corrected chi connectivity index (χ2v) is 7.95. The molecule has 0 spiro atoms. The lowest BCUT2D eigenvalue weighted by Crippen LogP contribution is -2.36. The fraction of sp³-hybridized carbons (Fsp3) is 0.421. The molecular weight excluding hydrogens is 367 g/mol. The normalized spacial score (nSPS) is 24.2. The molecule has 1 N–H and O–H groups in total. The van der Waals surface area contributed by atoms with Gasteiger partial charge >= 0.3 is 0 Å². The average molecular weight is 388 g/mol. The Bertz CT molecular complexity index is 886. The predicted octanol–water partition coefficient (Wildman–Crippen LogP) is 2.62. The third-order valence-corrected chi connectivity index (χ3v) is 6.34. The number of anilines is 1. The van der Waals surface area contributed by atoms with Crippen LogP contribution in [0.3, 0.4) is 0 Å². The number of halogens is 1. The number of nitrogens with one attached hydrogen (secondary N) is 1. The molecule has 1 aromatic carbocycles. The number of likely N-dealkylation sites (tertiary alicyclic amines) is 2. The molecule has 6 nitrogen and oxygen atoms in total. The first kappa shape index (κ1) is 17.9. The van der Waals surface area contributed by atoms with Crippen molar-refractivity contribution in [1.29, 1.82) is 0 Å². The number of thiazole rings is 1. The molecule has 2 saturated heterocycles. The van der Waals surface area contributed by atoms with Crippen molar-refractivity contribution in [1.82, 2.24) is 14.8 Å². The van der Waals surface area contributed by atoms with E-state index in [1.165, 1.54) is 23.5 Å². The molecule has 27 heavy (non-hydrogen) atoms. The molecule has 142 valence electrons. The first-order valence-corrected chi connectivity index (χ1v) is 9.81. The van der Waals surface area contributed by atoms with Gasteiger partial charge < -0.3 is 15.1 Å². The van der Waals surface area contributed by atoms with Crippen molar-refractivity contribution in [3.05, 3.63) is 46.7 Å². The van der Waals surface area contributed by atoms with Crippen LogP contribution in [0.2, 0.25) is 0 Å². The van der Waals surface area contributed by atoms with Gasteiger partial charge in [0.25, 0.3) is 5.91 Å². The molecule has 2 fully saturated rings. The summed E-state index contributed by atoms with van der Waals surface area (Å²) in [5.74, 6) is -0.132. The molecule has 0 unspecified atom stereocenters. The van der Waals surface area contributed by atoms with Crippen LogP contribution in [-0.4, -0.2) is 53.3 Å². The van der Waals surface area contributed by atoms with Crippen molar-refractivity contribution in [2.75, 3.05) is 32.0 Å². The summed E-state index contributed by atoms with van der Waals surface area (Å²) in [5.41, 5.74) is 1.23. The molecule has 2 aromatic rings. The Morgan fingerprint density at radius 1 is 1.30 bits per heavy atom. The Kier molecular flexibility index (Phi) is 4.59. The summed E-state index contributed by atoms with van der Waals surface area (Å²) in [6, 6.07) is 6.22. The molecule has 8 heteroatoms. The van der Waals surface area contributed by atoms with E-state index in [1.807, 2.05) is 15.9 Å². The van der Waals surface area contributed by atoms with Gasteiger partial charge in [-0.2, -0.15) is 0 Å². The Balaban J connectivity index is 1.58. The van der Waals surface area contributed by atoms with Crippen molar-refractivity contribution in [2.24, 2.45) is 11.8 Å². The summed E-state index contributed by atoms with van der Waals surface area (Å²) >= 11 is 1.40. The van der Waals surface area contributed by atoms with Gasteiger partial charge in [0.05, 0.1) is 6.04 Å². The summed E-state index contributed by atoms with van der Waals surface area (Å²) < 4.78 is 13.8. The number of amides is 2. The third-order valence-electron chi connectivity index (χ3n) is 5.48. The van der Waals surface area contributed by atoms with Crippen LogP contribution in [0.5, 0.6) is 0 Å². The van der Waals surface area contributed by atoms with Crippen LogP contribution in [0.15, 0.2) is 29.6 Å². The quantitative estimate of drug-likeness (QED) is 0.878. The highest BCUT2D eigenvalue weighted by molar-refractivity contribution is 7.13. The van der Waals surface area contributed by atoms with Crippen LogP contribution in [0.4, 0.5) is 9.52 Å². The fourth-order valence-electron chi connectivity index (χ4n) is 4.30. The third kappa shape index (κ3) is 3.18. The minimum absolute atomic E-state index is 0.0188. The molecule has 4 rings (SSSR count). The molecule has 0 aliphatic carbocycles. The van der Waals surface area contributed by atoms with Gasteiger partial charge in [0.1, 0.15) is 11.5 Å².